The zero-order valence-corrected chi connectivity index (χ0v) is 17.5. The molecule has 1 unspecified atom stereocenters. The number of rotatable bonds is 6. The Morgan fingerprint density at radius 3 is 2.58 bits per heavy atom. The van der Waals surface area contributed by atoms with Crippen LogP contribution in [0, 0.1) is 5.92 Å². The van der Waals surface area contributed by atoms with Crippen LogP contribution in [0.2, 0.25) is 0 Å². The number of Topliss-reactive ketones (excluding diaryl/α,β-unsaturated/α-hetero) is 1. The van der Waals surface area contributed by atoms with E-state index in [1.807, 2.05) is 34.9 Å². The third kappa shape index (κ3) is 3.61. The van der Waals surface area contributed by atoms with Crippen LogP contribution in [-0.4, -0.2) is 34.0 Å². The molecule has 1 fully saturated rings. The molecule has 2 aromatic carbocycles. The molecule has 0 radical (unpaired) electrons. The van der Waals surface area contributed by atoms with Crippen LogP contribution >= 0.6 is 11.3 Å². The standard InChI is InChI=1S/C23H19F2N3O2S/c1-26-21(30)14-4-2-13(3-5-14)17-12-28-18-8-6-15(10-20(18)31-22(28)27-17)19(29)9-7-16-11-23(16,24)25/h2-6,8,10,12,16H,7,9,11H2,1H3,(H,26,30). The van der Waals surface area contributed by atoms with Crippen LogP contribution in [0.1, 0.15) is 40.0 Å². The lowest BCUT2D eigenvalue weighted by Gasteiger charge is -2.02. The number of fused-ring (bicyclic) bond motifs is 3. The van der Waals surface area contributed by atoms with Crippen molar-refractivity contribution in [3.8, 4) is 11.3 Å². The van der Waals surface area contributed by atoms with Crippen molar-refractivity contribution in [1.29, 1.82) is 0 Å². The maximum Gasteiger partial charge on any atom is 0.251 e. The maximum absolute atomic E-state index is 13.0. The number of benzene rings is 2. The van der Waals surface area contributed by atoms with Gasteiger partial charge in [0.15, 0.2) is 10.7 Å². The van der Waals surface area contributed by atoms with Gasteiger partial charge in [-0.3, -0.25) is 14.0 Å². The minimum Gasteiger partial charge on any atom is -0.355 e. The minimum absolute atomic E-state index is 0.0989. The Morgan fingerprint density at radius 2 is 1.90 bits per heavy atom. The smallest absolute Gasteiger partial charge is 0.251 e. The van der Waals surface area contributed by atoms with Gasteiger partial charge < -0.3 is 5.32 Å². The number of halogens is 2. The molecule has 0 bridgehead atoms. The van der Waals surface area contributed by atoms with Gasteiger partial charge in [-0.05, 0) is 36.8 Å². The molecule has 8 heteroatoms. The number of amides is 1. The van der Waals surface area contributed by atoms with Gasteiger partial charge >= 0.3 is 0 Å². The van der Waals surface area contributed by atoms with E-state index >= 15 is 0 Å². The molecule has 1 amide bonds. The highest BCUT2D eigenvalue weighted by Crippen LogP contribution is 2.51. The fraction of sp³-hybridized carbons (Fsp3) is 0.261. The Kier molecular flexibility index (Phi) is 4.62. The summed E-state index contributed by atoms with van der Waals surface area (Å²) in [4.78, 5) is 29.6. The van der Waals surface area contributed by atoms with Crippen LogP contribution in [0.15, 0.2) is 48.7 Å². The Bertz CT molecular complexity index is 1320. The first-order valence-corrected chi connectivity index (χ1v) is 10.8. The SMILES string of the molecule is CNC(=O)c1ccc(-c2cn3c(n2)sc2cc(C(=O)CCC4CC4(F)F)ccc23)cc1. The van der Waals surface area contributed by atoms with E-state index < -0.39 is 11.8 Å². The third-order valence-corrected chi connectivity index (χ3v) is 6.78. The fourth-order valence-corrected chi connectivity index (χ4v) is 4.83. The van der Waals surface area contributed by atoms with Gasteiger partial charge in [-0.25, -0.2) is 13.8 Å². The molecule has 0 spiro atoms. The number of carbonyl (C=O) groups excluding carboxylic acids is 2. The van der Waals surface area contributed by atoms with Gasteiger partial charge in [0.05, 0.1) is 15.9 Å². The van der Waals surface area contributed by atoms with Gasteiger partial charge in [-0.1, -0.05) is 23.5 Å². The summed E-state index contributed by atoms with van der Waals surface area (Å²) in [7, 11) is 1.59. The van der Waals surface area contributed by atoms with Crippen molar-refractivity contribution in [3.05, 3.63) is 59.8 Å². The van der Waals surface area contributed by atoms with Crippen LogP contribution in [0.5, 0.6) is 0 Å². The molecule has 1 aliphatic carbocycles. The number of carbonyl (C=O) groups is 2. The first-order chi connectivity index (χ1) is 14.9. The summed E-state index contributed by atoms with van der Waals surface area (Å²) in [5.41, 5.74) is 3.76. The van der Waals surface area contributed by atoms with E-state index in [1.165, 1.54) is 11.3 Å². The summed E-state index contributed by atoms with van der Waals surface area (Å²) in [5.74, 6) is -3.47. The van der Waals surface area contributed by atoms with Crippen molar-refractivity contribution < 1.29 is 18.4 Å². The number of aromatic nitrogens is 2. The Morgan fingerprint density at radius 1 is 1.19 bits per heavy atom. The highest BCUT2D eigenvalue weighted by Gasteiger charge is 2.56. The molecule has 1 N–H and O–H groups in total. The third-order valence-electron chi connectivity index (χ3n) is 5.76. The number of ketones is 1. The predicted octanol–water partition coefficient (Wildman–Crippen LogP) is 5.19. The van der Waals surface area contributed by atoms with Crippen LogP contribution in [-0.2, 0) is 0 Å². The summed E-state index contributed by atoms with van der Waals surface area (Å²) in [5, 5.41) is 2.60. The largest absolute Gasteiger partial charge is 0.355 e. The van der Waals surface area contributed by atoms with E-state index in [0.717, 1.165) is 26.4 Å². The van der Waals surface area contributed by atoms with Crippen LogP contribution in [0.3, 0.4) is 0 Å². The number of alkyl halides is 2. The van der Waals surface area contributed by atoms with Crippen LogP contribution in [0.4, 0.5) is 8.78 Å². The molecule has 158 valence electrons. The lowest BCUT2D eigenvalue weighted by atomic mass is 10.0. The second kappa shape index (κ2) is 7.23. The lowest BCUT2D eigenvalue weighted by Crippen LogP contribution is -2.17. The average Bonchev–Trinajstić information content (AvgIpc) is 3.07. The van der Waals surface area contributed by atoms with Gasteiger partial charge in [0, 0.05) is 48.7 Å². The van der Waals surface area contributed by atoms with E-state index in [4.69, 9.17) is 0 Å². The van der Waals surface area contributed by atoms with Crippen LogP contribution in [0.25, 0.3) is 26.4 Å². The van der Waals surface area contributed by atoms with E-state index in [9.17, 15) is 18.4 Å². The van der Waals surface area contributed by atoms with Gasteiger partial charge in [-0.2, -0.15) is 0 Å². The highest BCUT2D eigenvalue weighted by molar-refractivity contribution is 7.23. The predicted molar refractivity (Wildman–Crippen MR) is 116 cm³/mol. The first kappa shape index (κ1) is 19.8. The van der Waals surface area contributed by atoms with Gasteiger partial charge in [0.25, 0.3) is 11.8 Å². The normalized spacial score (nSPS) is 17.2. The van der Waals surface area contributed by atoms with Crippen molar-refractivity contribution in [2.45, 2.75) is 25.2 Å². The van der Waals surface area contributed by atoms with E-state index in [0.29, 0.717) is 11.1 Å². The van der Waals surface area contributed by atoms with Gasteiger partial charge in [0.1, 0.15) is 0 Å². The molecule has 4 aromatic rings. The van der Waals surface area contributed by atoms with Gasteiger partial charge in [-0.15, -0.1) is 0 Å². The molecule has 2 heterocycles. The first-order valence-electron chi connectivity index (χ1n) is 10.0. The fourth-order valence-electron chi connectivity index (χ4n) is 3.78. The van der Waals surface area contributed by atoms with Gasteiger partial charge in [0.2, 0.25) is 0 Å². The number of nitrogens with one attached hydrogen (secondary N) is 1. The van der Waals surface area contributed by atoms with Crippen molar-refractivity contribution >= 4 is 38.2 Å². The quantitative estimate of drug-likeness (QED) is 0.421. The second-order valence-corrected chi connectivity index (χ2v) is 8.85. The van der Waals surface area contributed by atoms with Crippen molar-refractivity contribution in [3.63, 3.8) is 0 Å². The summed E-state index contributed by atoms with van der Waals surface area (Å²) >= 11 is 1.47. The molecule has 5 rings (SSSR count). The summed E-state index contributed by atoms with van der Waals surface area (Å²) in [6.07, 6.45) is 2.21. The Balaban J connectivity index is 1.38. The minimum atomic E-state index is -2.58. The number of hydrogen-bond acceptors (Lipinski definition) is 4. The topological polar surface area (TPSA) is 63.5 Å². The molecule has 2 aromatic heterocycles. The van der Waals surface area contributed by atoms with E-state index in [2.05, 4.69) is 10.3 Å². The van der Waals surface area contributed by atoms with Crippen LogP contribution < -0.4 is 5.32 Å². The molecule has 1 saturated carbocycles. The maximum atomic E-state index is 13.0. The molecule has 1 atom stereocenters. The number of imidazole rings is 1. The molecule has 31 heavy (non-hydrogen) atoms. The number of thiazole rings is 1. The number of hydrogen-bond donors (Lipinski definition) is 1. The molecule has 1 aliphatic rings. The lowest BCUT2D eigenvalue weighted by molar-refractivity contribution is 0.0902. The highest BCUT2D eigenvalue weighted by atomic mass is 32.1. The van der Waals surface area contributed by atoms with E-state index in [1.54, 1.807) is 25.2 Å². The summed E-state index contributed by atoms with van der Waals surface area (Å²) in [6.45, 7) is 0. The van der Waals surface area contributed by atoms with E-state index in [-0.39, 0.29) is 31.0 Å². The molecule has 0 aliphatic heterocycles. The summed E-state index contributed by atoms with van der Waals surface area (Å²) < 4.78 is 29.0. The molecule has 5 nitrogen and oxygen atoms in total. The Labute approximate surface area is 180 Å². The second-order valence-electron chi connectivity index (χ2n) is 7.84. The summed E-state index contributed by atoms with van der Waals surface area (Å²) in [6, 6.07) is 12.7. The average molecular weight is 439 g/mol. The molecular formula is C23H19F2N3O2S. The Hall–Kier alpha value is -3.13. The number of nitrogens with zero attached hydrogens (tertiary/aromatic N) is 2. The zero-order chi connectivity index (χ0) is 21.8. The molecular weight excluding hydrogens is 420 g/mol. The van der Waals surface area contributed by atoms with Crippen molar-refractivity contribution in [1.82, 2.24) is 14.7 Å². The monoisotopic (exact) mass is 439 g/mol. The molecule has 0 saturated heterocycles. The van der Waals surface area contributed by atoms with Crippen molar-refractivity contribution in [2.75, 3.05) is 7.05 Å². The van der Waals surface area contributed by atoms with Crippen molar-refractivity contribution in [2.24, 2.45) is 5.92 Å². The zero-order valence-electron chi connectivity index (χ0n) is 16.7.